The van der Waals surface area contributed by atoms with Gasteiger partial charge in [0, 0.05) is 36.3 Å². The average Bonchev–Trinajstić information content (AvgIpc) is 2.68. The lowest BCUT2D eigenvalue weighted by atomic mass is 10.2. The van der Waals surface area contributed by atoms with Crippen molar-refractivity contribution in [1.82, 2.24) is 9.21 Å². The molecule has 3 rings (SSSR count). The molecule has 0 unspecified atom stereocenters. The van der Waals surface area contributed by atoms with E-state index in [9.17, 15) is 13.2 Å². The summed E-state index contributed by atoms with van der Waals surface area (Å²) in [5.74, 6) is -0.0917. The number of halogens is 1. The lowest BCUT2D eigenvalue weighted by Gasteiger charge is -2.36. The number of piperazine rings is 1. The third-order valence-corrected chi connectivity index (χ3v) is 7.22. The van der Waals surface area contributed by atoms with Crippen LogP contribution in [-0.2, 0) is 20.6 Å². The van der Waals surface area contributed by atoms with Gasteiger partial charge in [-0.3, -0.25) is 9.69 Å². The second kappa shape index (κ2) is 9.17. The number of sulfonamides is 1. The molecule has 1 saturated heterocycles. The minimum atomic E-state index is -3.36. The highest BCUT2D eigenvalue weighted by atomic mass is 79.9. The van der Waals surface area contributed by atoms with E-state index >= 15 is 0 Å². The monoisotopic (exact) mass is 465 g/mol. The highest BCUT2D eigenvalue weighted by Gasteiger charge is 2.30. The fourth-order valence-electron chi connectivity index (χ4n) is 3.22. The minimum Gasteiger partial charge on any atom is -0.325 e. The molecule has 150 valence electrons. The van der Waals surface area contributed by atoms with Crippen LogP contribution in [0, 0.1) is 0 Å². The van der Waals surface area contributed by atoms with E-state index in [0.29, 0.717) is 26.2 Å². The number of nitrogens with zero attached hydrogens (tertiary/aromatic N) is 2. The molecule has 1 fully saturated rings. The van der Waals surface area contributed by atoms with Gasteiger partial charge < -0.3 is 5.32 Å². The second-order valence-electron chi connectivity index (χ2n) is 6.85. The Morgan fingerprint density at radius 1 is 1.07 bits per heavy atom. The SMILES string of the molecule is C[C@H](C(=O)Nc1cccc(Br)c1)N1CCN(S(=O)(=O)Cc2ccccc2)CC1. The van der Waals surface area contributed by atoms with Crippen LogP contribution < -0.4 is 5.32 Å². The molecule has 0 saturated carbocycles. The molecule has 8 heteroatoms. The van der Waals surface area contributed by atoms with E-state index < -0.39 is 10.0 Å². The van der Waals surface area contributed by atoms with Crippen molar-refractivity contribution in [3.05, 3.63) is 64.6 Å². The molecule has 28 heavy (non-hydrogen) atoms. The molecule has 1 aliphatic rings. The Labute approximate surface area is 174 Å². The zero-order valence-electron chi connectivity index (χ0n) is 15.7. The van der Waals surface area contributed by atoms with Crippen LogP contribution in [0.3, 0.4) is 0 Å². The van der Waals surface area contributed by atoms with Crippen LogP contribution in [-0.4, -0.2) is 55.8 Å². The van der Waals surface area contributed by atoms with E-state index in [0.717, 1.165) is 15.7 Å². The van der Waals surface area contributed by atoms with E-state index in [1.807, 2.05) is 66.4 Å². The molecular formula is C20H24BrN3O3S. The molecule has 2 aromatic rings. The molecular weight excluding hydrogens is 442 g/mol. The number of benzene rings is 2. The Morgan fingerprint density at radius 2 is 1.75 bits per heavy atom. The smallest absolute Gasteiger partial charge is 0.241 e. The third-order valence-electron chi connectivity index (χ3n) is 4.88. The van der Waals surface area contributed by atoms with Crippen molar-refractivity contribution in [2.75, 3.05) is 31.5 Å². The fraction of sp³-hybridized carbons (Fsp3) is 0.350. The third kappa shape index (κ3) is 5.41. The Morgan fingerprint density at radius 3 is 2.39 bits per heavy atom. The van der Waals surface area contributed by atoms with Crippen molar-refractivity contribution in [3.8, 4) is 0 Å². The summed E-state index contributed by atoms with van der Waals surface area (Å²) >= 11 is 3.39. The van der Waals surface area contributed by atoms with E-state index in [4.69, 9.17) is 0 Å². The first kappa shape index (κ1) is 21.0. The van der Waals surface area contributed by atoms with Crippen LogP contribution in [0.1, 0.15) is 12.5 Å². The first-order valence-electron chi connectivity index (χ1n) is 9.17. The molecule has 0 aliphatic carbocycles. The zero-order valence-corrected chi connectivity index (χ0v) is 18.1. The van der Waals surface area contributed by atoms with Crippen molar-refractivity contribution in [2.45, 2.75) is 18.7 Å². The largest absolute Gasteiger partial charge is 0.325 e. The van der Waals surface area contributed by atoms with Crippen molar-refractivity contribution >= 4 is 37.5 Å². The molecule has 1 atom stereocenters. The summed E-state index contributed by atoms with van der Waals surface area (Å²) in [7, 11) is -3.36. The number of nitrogens with one attached hydrogen (secondary N) is 1. The lowest BCUT2D eigenvalue weighted by molar-refractivity contribution is -0.121. The van der Waals surface area contributed by atoms with Crippen LogP contribution in [0.15, 0.2) is 59.1 Å². The minimum absolute atomic E-state index is 0.00671. The number of carbonyl (C=O) groups is 1. The Bertz CT molecular complexity index is 913. The lowest BCUT2D eigenvalue weighted by Crippen LogP contribution is -2.54. The number of hydrogen-bond acceptors (Lipinski definition) is 4. The van der Waals surface area contributed by atoms with Crippen molar-refractivity contribution in [1.29, 1.82) is 0 Å². The summed E-state index contributed by atoms with van der Waals surface area (Å²) in [6.45, 7) is 3.69. The maximum Gasteiger partial charge on any atom is 0.241 e. The van der Waals surface area contributed by atoms with Crippen LogP contribution >= 0.6 is 15.9 Å². The highest BCUT2D eigenvalue weighted by Crippen LogP contribution is 2.18. The predicted octanol–water partition coefficient (Wildman–Crippen LogP) is 2.92. The van der Waals surface area contributed by atoms with Gasteiger partial charge in [0.2, 0.25) is 15.9 Å². The molecule has 6 nitrogen and oxygen atoms in total. The number of hydrogen-bond donors (Lipinski definition) is 1. The second-order valence-corrected chi connectivity index (χ2v) is 9.74. The maximum atomic E-state index is 12.7. The Kier molecular flexibility index (Phi) is 6.87. The van der Waals surface area contributed by atoms with Gasteiger partial charge in [0.1, 0.15) is 0 Å². The van der Waals surface area contributed by atoms with E-state index in [1.165, 1.54) is 4.31 Å². The van der Waals surface area contributed by atoms with Gasteiger partial charge in [-0.15, -0.1) is 0 Å². The fourth-order valence-corrected chi connectivity index (χ4v) is 5.14. The predicted molar refractivity (Wildman–Crippen MR) is 114 cm³/mol. The van der Waals surface area contributed by atoms with Gasteiger partial charge in [0.05, 0.1) is 11.8 Å². The van der Waals surface area contributed by atoms with Gasteiger partial charge in [0.15, 0.2) is 0 Å². The number of amides is 1. The number of carbonyl (C=O) groups excluding carboxylic acids is 1. The molecule has 1 aliphatic heterocycles. The van der Waals surface area contributed by atoms with Gasteiger partial charge in [-0.05, 0) is 30.7 Å². The van der Waals surface area contributed by atoms with Crippen LogP contribution in [0.5, 0.6) is 0 Å². The topological polar surface area (TPSA) is 69.7 Å². The van der Waals surface area contributed by atoms with Gasteiger partial charge in [-0.25, -0.2) is 8.42 Å². The van der Waals surface area contributed by atoms with E-state index in [-0.39, 0.29) is 17.7 Å². The molecule has 1 heterocycles. The van der Waals surface area contributed by atoms with Crippen LogP contribution in [0.2, 0.25) is 0 Å². The summed E-state index contributed by atoms with van der Waals surface area (Å²) in [4.78, 5) is 14.6. The molecule has 1 N–H and O–H groups in total. The van der Waals surface area contributed by atoms with Crippen molar-refractivity contribution in [2.24, 2.45) is 0 Å². The standard InChI is InChI=1S/C20H24BrN3O3S/c1-16(20(25)22-19-9-5-8-18(21)14-19)23-10-12-24(13-11-23)28(26,27)15-17-6-3-2-4-7-17/h2-9,14,16H,10-13,15H2,1H3,(H,22,25)/t16-/m1/s1. The van der Waals surface area contributed by atoms with E-state index in [2.05, 4.69) is 21.2 Å². The quantitative estimate of drug-likeness (QED) is 0.711. The normalized spacial score (nSPS) is 17.2. The van der Waals surface area contributed by atoms with Crippen LogP contribution in [0.4, 0.5) is 5.69 Å². The maximum absolute atomic E-state index is 12.7. The van der Waals surface area contributed by atoms with Crippen LogP contribution in [0.25, 0.3) is 0 Å². The summed E-state index contributed by atoms with van der Waals surface area (Å²) in [5, 5.41) is 2.91. The van der Waals surface area contributed by atoms with Gasteiger partial charge in [-0.2, -0.15) is 4.31 Å². The Hall–Kier alpha value is -1.74. The highest BCUT2D eigenvalue weighted by molar-refractivity contribution is 9.10. The summed E-state index contributed by atoms with van der Waals surface area (Å²) in [6.07, 6.45) is 0. The van der Waals surface area contributed by atoms with Gasteiger partial charge >= 0.3 is 0 Å². The summed E-state index contributed by atoms with van der Waals surface area (Å²) in [6, 6.07) is 16.3. The molecule has 1 amide bonds. The first-order chi connectivity index (χ1) is 13.3. The summed E-state index contributed by atoms with van der Waals surface area (Å²) < 4.78 is 27.7. The summed E-state index contributed by atoms with van der Waals surface area (Å²) in [5.41, 5.74) is 1.52. The molecule has 2 aromatic carbocycles. The molecule has 0 radical (unpaired) electrons. The van der Waals surface area contributed by atoms with Crippen molar-refractivity contribution in [3.63, 3.8) is 0 Å². The first-order valence-corrected chi connectivity index (χ1v) is 11.6. The number of anilines is 1. The number of rotatable bonds is 6. The van der Waals surface area contributed by atoms with Crippen molar-refractivity contribution < 1.29 is 13.2 Å². The van der Waals surface area contributed by atoms with Gasteiger partial charge in [-0.1, -0.05) is 52.3 Å². The van der Waals surface area contributed by atoms with E-state index in [1.54, 1.807) is 0 Å². The average molecular weight is 466 g/mol. The van der Waals surface area contributed by atoms with Gasteiger partial charge in [0.25, 0.3) is 0 Å². The zero-order chi connectivity index (χ0) is 20.1. The molecule has 0 aromatic heterocycles. The molecule has 0 spiro atoms. The molecule has 0 bridgehead atoms. The Balaban J connectivity index is 1.54.